The Morgan fingerprint density at radius 1 is 1.21 bits per heavy atom. The molecule has 1 aliphatic carbocycles. The van der Waals surface area contributed by atoms with Gasteiger partial charge < -0.3 is 14.8 Å². The highest BCUT2D eigenvalue weighted by Gasteiger charge is 2.42. The summed E-state index contributed by atoms with van der Waals surface area (Å²) < 4.78 is 11.5. The number of nitrogens with one attached hydrogen (secondary N) is 1. The van der Waals surface area contributed by atoms with E-state index in [1.165, 1.54) is 24.0 Å². The lowest BCUT2D eigenvalue weighted by Gasteiger charge is -2.37. The first-order valence-electron chi connectivity index (χ1n) is 7.04. The molecule has 3 heteroatoms. The number of ether oxygens (including phenoxy) is 2. The third-order valence-corrected chi connectivity index (χ3v) is 4.37. The average Bonchev–Trinajstić information content (AvgIpc) is 2.90. The molecule has 2 rings (SSSR count). The monoisotopic (exact) mass is 263 g/mol. The zero-order chi connectivity index (χ0) is 13.9. The molecule has 1 fully saturated rings. The second kappa shape index (κ2) is 5.93. The summed E-state index contributed by atoms with van der Waals surface area (Å²) in [4.78, 5) is 0. The standard InChI is InChI=1S/C16H25NO2/c1-12-7-8-14(18-3)13(11-12)15(17-2)16(19-4)9-5-6-10-16/h7-8,11,15,17H,5-6,9-10H2,1-4H3. The van der Waals surface area contributed by atoms with E-state index in [1.54, 1.807) is 7.11 Å². The number of hydrogen-bond donors (Lipinski definition) is 1. The number of benzene rings is 1. The van der Waals surface area contributed by atoms with E-state index in [1.807, 2.05) is 20.2 Å². The lowest BCUT2D eigenvalue weighted by Crippen LogP contribution is -2.42. The van der Waals surface area contributed by atoms with Gasteiger partial charge in [-0.3, -0.25) is 0 Å². The van der Waals surface area contributed by atoms with Crippen LogP contribution in [-0.2, 0) is 4.74 Å². The van der Waals surface area contributed by atoms with Crippen molar-refractivity contribution in [1.29, 1.82) is 0 Å². The molecular weight excluding hydrogens is 238 g/mol. The lowest BCUT2D eigenvalue weighted by atomic mass is 9.85. The normalized spacial score (nSPS) is 19.4. The highest BCUT2D eigenvalue weighted by Crippen LogP contribution is 2.44. The molecule has 3 nitrogen and oxygen atoms in total. The topological polar surface area (TPSA) is 30.5 Å². The largest absolute Gasteiger partial charge is 0.496 e. The van der Waals surface area contributed by atoms with E-state index in [9.17, 15) is 0 Å². The van der Waals surface area contributed by atoms with Gasteiger partial charge in [0.15, 0.2) is 0 Å². The third kappa shape index (κ3) is 2.63. The van der Waals surface area contributed by atoms with Gasteiger partial charge in [0.2, 0.25) is 0 Å². The van der Waals surface area contributed by atoms with Crippen molar-refractivity contribution in [2.24, 2.45) is 0 Å². The second-order valence-electron chi connectivity index (χ2n) is 5.44. The number of hydrogen-bond acceptors (Lipinski definition) is 3. The fourth-order valence-corrected chi connectivity index (χ4v) is 3.37. The molecule has 1 aromatic rings. The van der Waals surface area contributed by atoms with Crippen molar-refractivity contribution in [3.63, 3.8) is 0 Å². The minimum Gasteiger partial charge on any atom is -0.496 e. The van der Waals surface area contributed by atoms with Crippen molar-refractivity contribution < 1.29 is 9.47 Å². The third-order valence-electron chi connectivity index (χ3n) is 4.37. The van der Waals surface area contributed by atoms with Crippen LogP contribution in [0, 0.1) is 6.92 Å². The predicted molar refractivity (Wildman–Crippen MR) is 77.7 cm³/mol. The van der Waals surface area contributed by atoms with Crippen molar-refractivity contribution in [3.05, 3.63) is 29.3 Å². The van der Waals surface area contributed by atoms with Crippen LogP contribution in [0.1, 0.15) is 42.9 Å². The van der Waals surface area contributed by atoms with Crippen LogP contribution in [0.4, 0.5) is 0 Å². The van der Waals surface area contributed by atoms with Crippen molar-refractivity contribution in [2.45, 2.75) is 44.2 Å². The molecule has 0 heterocycles. The van der Waals surface area contributed by atoms with Gasteiger partial charge in [-0.25, -0.2) is 0 Å². The number of rotatable bonds is 5. The smallest absolute Gasteiger partial charge is 0.123 e. The molecule has 0 spiro atoms. The Bertz CT molecular complexity index is 425. The fraction of sp³-hybridized carbons (Fsp3) is 0.625. The predicted octanol–water partition coefficient (Wildman–Crippen LogP) is 3.22. The summed E-state index contributed by atoms with van der Waals surface area (Å²) in [5, 5.41) is 3.45. The fourth-order valence-electron chi connectivity index (χ4n) is 3.37. The second-order valence-corrected chi connectivity index (χ2v) is 5.44. The summed E-state index contributed by atoms with van der Waals surface area (Å²) in [5.74, 6) is 0.938. The molecule has 1 atom stereocenters. The van der Waals surface area contributed by atoms with E-state index in [2.05, 4.69) is 24.4 Å². The Morgan fingerprint density at radius 3 is 2.42 bits per heavy atom. The van der Waals surface area contributed by atoms with Gasteiger partial charge in [0, 0.05) is 12.7 Å². The van der Waals surface area contributed by atoms with Gasteiger partial charge in [-0.05, 0) is 32.9 Å². The summed E-state index contributed by atoms with van der Waals surface area (Å²) in [5.41, 5.74) is 2.35. The van der Waals surface area contributed by atoms with Gasteiger partial charge in [-0.2, -0.15) is 0 Å². The molecule has 1 aromatic carbocycles. The zero-order valence-corrected chi connectivity index (χ0v) is 12.5. The molecule has 0 saturated heterocycles. The van der Waals surface area contributed by atoms with Crippen LogP contribution in [0.25, 0.3) is 0 Å². The van der Waals surface area contributed by atoms with E-state index < -0.39 is 0 Å². The summed E-state index contributed by atoms with van der Waals surface area (Å²) in [6, 6.07) is 6.52. The summed E-state index contributed by atoms with van der Waals surface area (Å²) in [6.07, 6.45) is 4.68. The van der Waals surface area contributed by atoms with Crippen molar-refractivity contribution >= 4 is 0 Å². The summed E-state index contributed by atoms with van der Waals surface area (Å²) in [6.45, 7) is 2.11. The highest BCUT2D eigenvalue weighted by molar-refractivity contribution is 5.40. The van der Waals surface area contributed by atoms with Gasteiger partial charge in [-0.1, -0.05) is 30.5 Å². The number of methoxy groups -OCH3 is 2. The van der Waals surface area contributed by atoms with E-state index >= 15 is 0 Å². The van der Waals surface area contributed by atoms with Crippen LogP contribution in [0.15, 0.2) is 18.2 Å². The maximum absolute atomic E-state index is 5.93. The van der Waals surface area contributed by atoms with Crippen LogP contribution in [0.2, 0.25) is 0 Å². The minimum absolute atomic E-state index is 0.101. The first-order valence-corrected chi connectivity index (χ1v) is 7.04. The van der Waals surface area contributed by atoms with Gasteiger partial charge in [0.25, 0.3) is 0 Å². The quantitative estimate of drug-likeness (QED) is 0.884. The molecule has 0 aliphatic heterocycles. The molecular formula is C16H25NO2. The number of likely N-dealkylation sites (N-methyl/N-ethyl adjacent to an activating group) is 1. The van der Waals surface area contributed by atoms with Crippen molar-refractivity contribution in [1.82, 2.24) is 5.32 Å². The van der Waals surface area contributed by atoms with Crippen LogP contribution in [0.3, 0.4) is 0 Å². The number of aryl methyl sites for hydroxylation is 1. The maximum Gasteiger partial charge on any atom is 0.123 e. The first-order chi connectivity index (χ1) is 9.16. The molecule has 106 valence electrons. The maximum atomic E-state index is 5.93. The van der Waals surface area contributed by atoms with E-state index in [-0.39, 0.29) is 11.6 Å². The van der Waals surface area contributed by atoms with Crippen LogP contribution in [-0.4, -0.2) is 26.9 Å². The SMILES string of the molecule is CNC(c1cc(C)ccc1OC)C1(OC)CCCC1. The molecule has 1 saturated carbocycles. The Morgan fingerprint density at radius 2 is 1.89 bits per heavy atom. The summed E-state index contributed by atoms with van der Waals surface area (Å²) in [7, 11) is 5.57. The average molecular weight is 263 g/mol. The van der Waals surface area contributed by atoms with Gasteiger partial charge in [0.1, 0.15) is 5.75 Å². The van der Waals surface area contributed by atoms with Crippen LogP contribution >= 0.6 is 0 Å². The van der Waals surface area contributed by atoms with Gasteiger partial charge >= 0.3 is 0 Å². The van der Waals surface area contributed by atoms with Crippen LogP contribution in [0.5, 0.6) is 5.75 Å². The minimum atomic E-state index is -0.101. The molecule has 0 aromatic heterocycles. The Balaban J connectivity index is 2.43. The zero-order valence-electron chi connectivity index (χ0n) is 12.5. The molecule has 0 radical (unpaired) electrons. The summed E-state index contributed by atoms with van der Waals surface area (Å²) >= 11 is 0. The van der Waals surface area contributed by atoms with E-state index in [0.29, 0.717) is 0 Å². The first kappa shape index (κ1) is 14.4. The van der Waals surface area contributed by atoms with Crippen molar-refractivity contribution in [2.75, 3.05) is 21.3 Å². The van der Waals surface area contributed by atoms with Crippen molar-refractivity contribution in [3.8, 4) is 5.75 Å². The molecule has 1 unspecified atom stereocenters. The lowest BCUT2D eigenvalue weighted by molar-refractivity contribution is -0.0354. The molecule has 0 amide bonds. The molecule has 0 bridgehead atoms. The van der Waals surface area contributed by atoms with E-state index in [0.717, 1.165) is 18.6 Å². The Hall–Kier alpha value is -1.06. The van der Waals surface area contributed by atoms with Gasteiger partial charge in [0.05, 0.1) is 18.8 Å². The molecule has 1 N–H and O–H groups in total. The Labute approximate surface area is 116 Å². The highest BCUT2D eigenvalue weighted by atomic mass is 16.5. The van der Waals surface area contributed by atoms with Gasteiger partial charge in [-0.15, -0.1) is 0 Å². The van der Waals surface area contributed by atoms with Crippen LogP contribution < -0.4 is 10.1 Å². The van der Waals surface area contributed by atoms with E-state index in [4.69, 9.17) is 9.47 Å². The molecule has 1 aliphatic rings. The molecule has 19 heavy (non-hydrogen) atoms. The Kier molecular flexibility index (Phi) is 4.48.